The van der Waals surface area contributed by atoms with E-state index < -0.39 is 22.9 Å². The average molecular weight is 257 g/mol. The van der Waals surface area contributed by atoms with Gasteiger partial charge in [-0.3, -0.25) is 0 Å². The first kappa shape index (κ1) is 12.7. The van der Waals surface area contributed by atoms with Crippen molar-refractivity contribution in [2.75, 3.05) is 13.2 Å². The zero-order valence-corrected chi connectivity index (χ0v) is 9.54. The molecule has 0 aromatic heterocycles. The maximum Gasteiger partial charge on any atom is 0.417 e. The first-order chi connectivity index (χ1) is 8.34. The summed E-state index contributed by atoms with van der Waals surface area (Å²) < 4.78 is 48.3. The molecule has 1 atom stereocenters. The number of halogens is 3. The van der Waals surface area contributed by atoms with Gasteiger partial charge in [0.25, 0.3) is 0 Å². The molecule has 0 aliphatic carbocycles. The van der Waals surface area contributed by atoms with Crippen molar-refractivity contribution in [3.05, 3.63) is 29.3 Å². The van der Waals surface area contributed by atoms with Gasteiger partial charge in [0.1, 0.15) is 18.0 Å². The van der Waals surface area contributed by atoms with Crippen LogP contribution in [-0.2, 0) is 10.9 Å². The van der Waals surface area contributed by atoms with Crippen LogP contribution in [0, 0.1) is 11.3 Å². The standard InChI is InChI=1S/C12H10F3NO2/c1-11(7-18-11)6-17-9-3-2-8(5-16)10(4-9)12(13,14)15/h2-4H,6-7H2,1H3. The van der Waals surface area contributed by atoms with Crippen molar-refractivity contribution in [3.8, 4) is 11.8 Å². The predicted octanol–water partition coefficient (Wildman–Crippen LogP) is 2.74. The Morgan fingerprint density at radius 3 is 2.67 bits per heavy atom. The molecule has 1 saturated heterocycles. The van der Waals surface area contributed by atoms with E-state index in [1.807, 2.05) is 0 Å². The number of epoxide rings is 1. The van der Waals surface area contributed by atoms with E-state index in [1.165, 1.54) is 12.1 Å². The number of benzene rings is 1. The van der Waals surface area contributed by atoms with Crippen molar-refractivity contribution in [2.24, 2.45) is 0 Å². The number of nitrogens with zero attached hydrogens (tertiary/aromatic N) is 1. The molecule has 18 heavy (non-hydrogen) atoms. The summed E-state index contributed by atoms with van der Waals surface area (Å²) in [6.45, 7) is 2.53. The molecule has 0 bridgehead atoms. The largest absolute Gasteiger partial charge is 0.490 e. The maximum absolute atomic E-state index is 12.7. The molecule has 6 heteroatoms. The van der Waals surface area contributed by atoms with Crippen LogP contribution >= 0.6 is 0 Å². The van der Waals surface area contributed by atoms with Crippen LogP contribution in [0.15, 0.2) is 18.2 Å². The van der Waals surface area contributed by atoms with Crippen LogP contribution in [0.3, 0.4) is 0 Å². The van der Waals surface area contributed by atoms with Gasteiger partial charge < -0.3 is 9.47 Å². The van der Waals surface area contributed by atoms with Crippen molar-refractivity contribution in [3.63, 3.8) is 0 Å². The van der Waals surface area contributed by atoms with Gasteiger partial charge in [0.05, 0.1) is 23.8 Å². The van der Waals surface area contributed by atoms with E-state index in [2.05, 4.69) is 0 Å². The molecule has 0 N–H and O–H groups in total. The van der Waals surface area contributed by atoms with Crippen molar-refractivity contribution < 1.29 is 22.6 Å². The quantitative estimate of drug-likeness (QED) is 0.782. The Hall–Kier alpha value is -1.74. The normalized spacial score (nSPS) is 22.4. The molecule has 1 aromatic rings. The van der Waals surface area contributed by atoms with Crippen molar-refractivity contribution in [1.29, 1.82) is 5.26 Å². The number of hydrogen-bond donors (Lipinski definition) is 0. The first-order valence-electron chi connectivity index (χ1n) is 5.22. The van der Waals surface area contributed by atoms with Crippen molar-refractivity contribution in [1.82, 2.24) is 0 Å². The highest BCUT2D eigenvalue weighted by Crippen LogP contribution is 2.35. The molecule has 0 amide bonds. The van der Waals surface area contributed by atoms with E-state index in [9.17, 15) is 13.2 Å². The lowest BCUT2D eigenvalue weighted by Gasteiger charge is -2.12. The third kappa shape index (κ3) is 2.74. The van der Waals surface area contributed by atoms with E-state index in [0.717, 1.165) is 12.1 Å². The summed E-state index contributed by atoms with van der Waals surface area (Å²) >= 11 is 0. The summed E-state index contributed by atoms with van der Waals surface area (Å²) in [7, 11) is 0. The molecule has 96 valence electrons. The SMILES string of the molecule is CC1(COc2ccc(C#N)c(C(F)(F)F)c2)CO1. The van der Waals surface area contributed by atoms with Gasteiger partial charge in [-0.1, -0.05) is 0 Å². The summed E-state index contributed by atoms with van der Waals surface area (Å²) in [5.41, 5.74) is -1.79. The van der Waals surface area contributed by atoms with Crippen LogP contribution in [0.2, 0.25) is 0 Å². The van der Waals surface area contributed by atoms with Gasteiger partial charge in [0.2, 0.25) is 0 Å². The summed E-state index contributed by atoms with van der Waals surface area (Å²) in [4.78, 5) is 0. The third-order valence-electron chi connectivity index (χ3n) is 2.60. The lowest BCUT2D eigenvalue weighted by Crippen LogP contribution is -2.17. The minimum absolute atomic E-state index is 0.0815. The topological polar surface area (TPSA) is 45.5 Å². The number of hydrogen-bond acceptors (Lipinski definition) is 3. The van der Waals surface area contributed by atoms with Gasteiger partial charge in [-0.15, -0.1) is 0 Å². The zero-order valence-electron chi connectivity index (χ0n) is 9.54. The lowest BCUT2D eigenvalue weighted by atomic mass is 10.1. The highest BCUT2D eigenvalue weighted by molar-refractivity contribution is 5.44. The van der Waals surface area contributed by atoms with E-state index in [0.29, 0.717) is 6.61 Å². The Kier molecular flexibility index (Phi) is 2.95. The molecule has 1 aliphatic rings. The molecule has 1 aliphatic heterocycles. The summed E-state index contributed by atoms with van der Waals surface area (Å²) in [6.07, 6.45) is -4.57. The second-order valence-corrected chi connectivity index (χ2v) is 4.34. The van der Waals surface area contributed by atoms with E-state index in [1.54, 1.807) is 6.92 Å². The number of nitriles is 1. The van der Waals surface area contributed by atoms with Gasteiger partial charge >= 0.3 is 6.18 Å². The van der Waals surface area contributed by atoms with Gasteiger partial charge in [0.15, 0.2) is 0 Å². The zero-order chi connectivity index (χ0) is 13.4. The van der Waals surface area contributed by atoms with Crippen LogP contribution in [-0.4, -0.2) is 18.8 Å². The molecule has 2 rings (SSSR count). The Morgan fingerprint density at radius 2 is 2.17 bits per heavy atom. The molecule has 1 heterocycles. The Balaban J connectivity index is 2.20. The summed E-state index contributed by atoms with van der Waals surface area (Å²) in [6, 6.07) is 4.80. The molecular weight excluding hydrogens is 247 g/mol. The minimum Gasteiger partial charge on any atom is -0.490 e. The van der Waals surface area contributed by atoms with Crippen LogP contribution in [0.4, 0.5) is 13.2 Å². The predicted molar refractivity (Wildman–Crippen MR) is 56.0 cm³/mol. The van der Waals surface area contributed by atoms with Gasteiger partial charge in [-0.25, -0.2) is 0 Å². The summed E-state index contributed by atoms with van der Waals surface area (Å²) in [5.74, 6) is 0.0815. The molecule has 1 fully saturated rings. The Morgan fingerprint density at radius 1 is 1.50 bits per heavy atom. The van der Waals surface area contributed by atoms with Gasteiger partial charge in [-0.05, 0) is 25.1 Å². The fourth-order valence-electron chi connectivity index (χ4n) is 1.39. The smallest absolute Gasteiger partial charge is 0.417 e. The minimum atomic E-state index is -4.57. The molecule has 0 saturated carbocycles. The fourth-order valence-corrected chi connectivity index (χ4v) is 1.39. The second kappa shape index (κ2) is 4.18. The van der Waals surface area contributed by atoms with E-state index in [-0.39, 0.29) is 12.4 Å². The monoisotopic (exact) mass is 257 g/mol. The third-order valence-corrected chi connectivity index (χ3v) is 2.60. The van der Waals surface area contributed by atoms with Crippen molar-refractivity contribution >= 4 is 0 Å². The highest BCUT2D eigenvalue weighted by Gasteiger charge is 2.40. The van der Waals surface area contributed by atoms with Crippen LogP contribution < -0.4 is 4.74 Å². The highest BCUT2D eigenvalue weighted by atomic mass is 19.4. The van der Waals surface area contributed by atoms with Crippen LogP contribution in [0.1, 0.15) is 18.1 Å². The number of rotatable bonds is 3. The average Bonchev–Trinajstić information content (AvgIpc) is 3.04. The summed E-state index contributed by atoms with van der Waals surface area (Å²) in [5, 5.41) is 8.63. The van der Waals surface area contributed by atoms with Crippen LogP contribution in [0.5, 0.6) is 5.75 Å². The molecule has 1 unspecified atom stereocenters. The number of alkyl halides is 3. The van der Waals surface area contributed by atoms with Gasteiger partial charge in [0, 0.05) is 0 Å². The van der Waals surface area contributed by atoms with E-state index in [4.69, 9.17) is 14.7 Å². The maximum atomic E-state index is 12.7. The lowest BCUT2D eigenvalue weighted by molar-refractivity contribution is -0.137. The molecule has 1 aromatic carbocycles. The molecule has 3 nitrogen and oxygen atoms in total. The molecule has 0 radical (unpaired) electrons. The Bertz CT molecular complexity index is 501. The Labute approximate surface area is 102 Å². The van der Waals surface area contributed by atoms with Crippen LogP contribution in [0.25, 0.3) is 0 Å². The fraction of sp³-hybridized carbons (Fsp3) is 0.417. The second-order valence-electron chi connectivity index (χ2n) is 4.34. The molecular formula is C12H10F3NO2. The van der Waals surface area contributed by atoms with Crippen molar-refractivity contribution in [2.45, 2.75) is 18.7 Å². The number of ether oxygens (including phenoxy) is 2. The van der Waals surface area contributed by atoms with Gasteiger partial charge in [-0.2, -0.15) is 18.4 Å². The first-order valence-corrected chi connectivity index (χ1v) is 5.22. The molecule has 0 spiro atoms. The van der Waals surface area contributed by atoms with E-state index >= 15 is 0 Å².